The molecule has 0 radical (unpaired) electrons. The van der Waals surface area contributed by atoms with Crippen molar-refractivity contribution in [2.75, 3.05) is 5.73 Å². The van der Waals surface area contributed by atoms with Crippen molar-refractivity contribution in [1.29, 1.82) is 0 Å². The molecule has 3 heteroatoms. The third-order valence-corrected chi connectivity index (χ3v) is 2.99. The number of nitrogen functional groups attached to an aromatic ring is 1. The van der Waals surface area contributed by atoms with Crippen LogP contribution in [0.3, 0.4) is 0 Å². The molecule has 0 bridgehead atoms. The first-order valence-corrected chi connectivity index (χ1v) is 6.30. The minimum Gasteiger partial charge on any atom is -0.399 e. The highest BCUT2D eigenvalue weighted by Crippen LogP contribution is 2.17. The number of nitrogens with two attached hydrogens (primary N) is 1. The van der Waals surface area contributed by atoms with E-state index in [1.54, 1.807) is 12.1 Å². The highest BCUT2D eigenvalue weighted by atomic mass is 19.1. The summed E-state index contributed by atoms with van der Waals surface area (Å²) in [4.78, 5) is 12.2. The number of ketones is 1. The maximum absolute atomic E-state index is 13.7. The van der Waals surface area contributed by atoms with Crippen LogP contribution in [0.4, 0.5) is 10.1 Å². The fourth-order valence-electron chi connectivity index (χ4n) is 1.98. The summed E-state index contributed by atoms with van der Waals surface area (Å²) in [5.41, 5.74) is 7.50. The van der Waals surface area contributed by atoms with E-state index >= 15 is 0 Å². The van der Waals surface area contributed by atoms with E-state index in [0.29, 0.717) is 11.3 Å². The van der Waals surface area contributed by atoms with Gasteiger partial charge in [0.2, 0.25) is 0 Å². The minimum atomic E-state index is -0.581. The molecule has 0 aliphatic carbocycles. The molecule has 0 unspecified atom stereocenters. The quantitative estimate of drug-likeness (QED) is 0.672. The van der Waals surface area contributed by atoms with Crippen molar-refractivity contribution in [3.05, 3.63) is 65.0 Å². The standard InChI is InChI=1S/C16H16FNO/c1-2-3-11-4-6-12(7-5-11)16(19)14-9-8-13(18)10-15(14)17/h4-10H,2-3,18H2,1H3. The number of rotatable bonds is 4. The smallest absolute Gasteiger partial charge is 0.195 e. The van der Waals surface area contributed by atoms with E-state index in [9.17, 15) is 9.18 Å². The molecule has 0 amide bonds. The van der Waals surface area contributed by atoms with Gasteiger partial charge in [0.25, 0.3) is 0 Å². The summed E-state index contributed by atoms with van der Waals surface area (Å²) in [5, 5.41) is 0. The van der Waals surface area contributed by atoms with Gasteiger partial charge >= 0.3 is 0 Å². The normalized spacial score (nSPS) is 10.4. The van der Waals surface area contributed by atoms with Crippen molar-refractivity contribution >= 4 is 11.5 Å². The minimum absolute atomic E-state index is 0.0532. The van der Waals surface area contributed by atoms with Gasteiger partial charge in [-0.1, -0.05) is 37.6 Å². The van der Waals surface area contributed by atoms with Crippen LogP contribution in [0.15, 0.2) is 42.5 Å². The number of anilines is 1. The second-order valence-corrected chi connectivity index (χ2v) is 4.52. The molecule has 2 aromatic carbocycles. The molecule has 0 aliphatic rings. The summed E-state index contributed by atoms with van der Waals surface area (Å²) < 4.78 is 13.7. The molecule has 0 saturated carbocycles. The topological polar surface area (TPSA) is 43.1 Å². The number of carbonyl (C=O) groups excluding carboxylic acids is 1. The molecule has 0 saturated heterocycles. The van der Waals surface area contributed by atoms with Gasteiger partial charge in [0, 0.05) is 11.3 Å². The predicted octanol–water partition coefficient (Wildman–Crippen LogP) is 3.59. The third-order valence-electron chi connectivity index (χ3n) is 2.99. The molecule has 0 aromatic heterocycles. The third kappa shape index (κ3) is 2.99. The molecule has 0 spiro atoms. The summed E-state index contributed by atoms with van der Waals surface area (Å²) >= 11 is 0. The Balaban J connectivity index is 2.28. The van der Waals surface area contributed by atoms with Crippen molar-refractivity contribution in [2.45, 2.75) is 19.8 Å². The van der Waals surface area contributed by atoms with E-state index in [1.165, 1.54) is 23.8 Å². The zero-order chi connectivity index (χ0) is 13.8. The Bertz CT molecular complexity index is 590. The summed E-state index contributed by atoms with van der Waals surface area (Å²) in [7, 11) is 0. The fraction of sp³-hybridized carbons (Fsp3) is 0.188. The largest absolute Gasteiger partial charge is 0.399 e. The van der Waals surface area contributed by atoms with E-state index in [-0.39, 0.29) is 11.3 Å². The maximum Gasteiger partial charge on any atom is 0.195 e. The van der Waals surface area contributed by atoms with Crippen LogP contribution in [0.5, 0.6) is 0 Å². The average Bonchev–Trinajstić information content (AvgIpc) is 2.39. The molecule has 19 heavy (non-hydrogen) atoms. The predicted molar refractivity (Wildman–Crippen MR) is 74.7 cm³/mol. The molecule has 2 rings (SSSR count). The highest BCUT2D eigenvalue weighted by molar-refractivity contribution is 6.09. The van der Waals surface area contributed by atoms with Gasteiger partial charge in [-0.3, -0.25) is 4.79 Å². The van der Waals surface area contributed by atoms with Crippen molar-refractivity contribution in [1.82, 2.24) is 0 Å². The van der Waals surface area contributed by atoms with Crippen LogP contribution in [-0.4, -0.2) is 5.78 Å². The Kier molecular flexibility index (Phi) is 3.95. The number of hydrogen-bond donors (Lipinski definition) is 1. The molecule has 2 aromatic rings. The second-order valence-electron chi connectivity index (χ2n) is 4.52. The Morgan fingerprint density at radius 3 is 2.42 bits per heavy atom. The van der Waals surface area contributed by atoms with E-state index < -0.39 is 5.82 Å². The van der Waals surface area contributed by atoms with Crippen LogP contribution < -0.4 is 5.73 Å². The van der Waals surface area contributed by atoms with Gasteiger partial charge in [0.15, 0.2) is 5.78 Å². The number of aryl methyl sites for hydroxylation is 1. The lowest BCUT2D eigenvalue weighted by Gasteiger charge is -2.05. The molecular formula is C16H16FNO. The molecule has 0 atom stereocenters. The highest BCUT2D eigenvalue weighted by Gasteiger charge is 2.13. The van der Waals surface area contributed by atoms with Crippen LogP contribution in [-0.2, 0) is 6.42 Å². The zero-order valence-electron chi connectivity index (χ0n) is 10.8. The first kappa shape index (κ1) is 13.3. The number of halogens is 1. The molecular weight excluding hydrogens is 241 g/mol. The Morgan fingerprint density at radius 1 is 1.16 bits per heavy atom. The average molecular weight is 257 g/mol. The molecule has 2 nitrogen and oxygen atoms in total. The molecule has 0 heterocycles. The maximum atomic E-state index is 13.7. The van der Waals surface area contributed by atoms with Crippen LogP contribution in [0.2, 0.25) is 0 Å². The zero-order valence-corrected chi connectivity index (χ0v) is 10.8. The first-order valence-electron chi connectivity index (χ1n) is 6.30. The van der Waals surface area contributed by atoms with E-state index in [2.05, 4.69) is 6.92 Å². The van der Waals surface area contributed by atoms with Crippen molar-refractivity contribution in [3.63, 3.8) is 0 Å². The van der Waals surface area contributed by atoms with Gasteiger partial charge in [-0.25, -0.2) is 4.39 Å². The monoisotopic (exact) mass is 257 g/mol. The Morgan fingerprint density at radius 2 is 1.84 bits per heavy atom. The van der Waals surface area contributed by atoms with Crippen molar-refractivity contribution in [2.24, 2.45) is 0 Å². The van der Waals surface area contributed by atoms with Crippen molar-refractivity contribution < 1.29 is 9.18 Å². The lowest BCUT2D eigenvalue weighted by Crippen LogP contribution is -2.05. The van der Waals surface area contributed by atoms with Crippen LogP contribution in [0.25, 0.3) is 0 Å². The van der Waals surface area contributed by atoms with Gasteiger partial charge in [0.1, 0.15) is 5.82 Å². The number of hydrogen-bond acceptors (Lipinski definition) is 2. The van der Waals surface area contributed by atoms with E-state index in [1.807, 2.05) is 12.1 Å². The fourth-order valence-corrected chi connectivity index (χ4v) is 1.98. The first-order chi connectivity index (χ1) is 9.11. The summed E-state index contributed by atoms with van der Waals surface area (Å²) in [6.07, 6.45) is 2.03. The lowest BCUT2D eigenvalue weighted by molar-refractivity contribution is 0.103. The van der Waals surface area contributed by atoms with Gasteiger partial charge in [-0.2, -0.15) is 0 Å². The van der Waals surface area contributed by atoms with Crippen LogP contribution in [0, 0.1) is 5.82 Å². The van der Waals surface area contributed by atoms with Crippen molar-refractivity contribution in [3.8, 4) is 0 Å². The molecule has 98 valence electrons. The number of carbonyl (C=O) groups is 1. The molecule has 0 fully saturated rings. The van der Waals surface area contributed by atoms with Gasteiger partial charge in [-0.15, -0.1) is 0 Å². The second kappa shape index (κ2) is 5.65. The SMILES string of the molecule is CCCc1ccc(C(=O)c2ccc(N)cc2F)cc1. The van der Waals surface area contributed by atoms with Gasteiger partial charge in [0.05, 0.1) is 5.56 Å². The Hall–Kier alpha value is -2.16. The van der Waals surface area contributed by atoms with Crippen LogP contribution >= 0.6 is 0 Å². The summed E-state index contributed by atoms with van der Waals surface area (Å²) in [6.45, 7) is 2.10. The van der Waals surface area contributed by atoms with Gasteiger partial charge in [-0.05, 0) is 30.2 Å². The van der Waals surface area contributed by atoms with E-state index in [4.69, 9.17) is 5.73 Å². The molecule has 2 N–H and O–H groups in total. The summed E-state index contributed by atoms with van der Waals surface area (Å²) in [5.74, 6) is -0.900. The Labute approximate surface area is 112 Å². The summed E-state index contributed by atoms with van der Waals surface area (Å²) in [6, 6.07) is 11.4. The van der Waals surface area contributed by atoms with Crippen LogP contribution in [0.1, 0.15) is 34.8 Å². The van der Waals surface area contributed by atoms with Gasteiger partial charge < -0.3 is 5.73 Å². The molecule has 0 aliphatic heterocycles. The van der Waals surface area contributed by atoms with E-state index in [0.717, 1.165) is 12.8 Å². The lowest BCUT2D eigenvalue weighted by atomic mass is 10.0. The number of benzene rings is 2.